The monoisotopic (exact) mass is 286 g/mol. The minimum Gasteiger partial charge on any atom is -0.466 e. The maximum absolute atomic E-state index is 12.1. The zero-order valence-corrected chi connectivity index (χ0v) is 12.5. The first-order valence-electron chi connectivity index (χ1n) is 6.65. The van der Waals surface area contributed by atoms with Gasteiger partial charge in [-0.05, 0) is 30.6 Å². The molecule has 2 bridgehead atoms. The van der Waals surface area contributed by atoms with Crippen molar-refractivity contribution >= 4 is 16.8 Å². The lowest BCUT2D eigenvalue weighted by atomic mass is 9.70. The van der Waals surface area contributed by atoms with Crippen molar-refractivity contribution in [2.45, 2.75) is 39.2 Å². The van der Waals surface area contributed by atoms with Gasteiger partial charge in [-0.3, -0.25) is 4.21 Å². The van der Waals surface area contributed by atoms with Gasteiger partial charge in [0, 0.05) is 33.5 Å². The lowest BCUT2D eigenvalue weighted by molar-refractivity contribution is -0.134. The number of hydrogen-bond donors (Lipinski definition) is 1. The second kappa shape index (κ2) is 5.02. The van der Waals surface area contributed by atoms with E-state index in [1.807, 2.05) is 0 Å². The second-order valence-corrected chi connectivity index (χ2v) is 7.54. The number of aliphatic hydroxyl groups is 1. The smallest absolute Gasteiger partial charge is 0.331 e. The van der Waals surface area contributed by atoms with Crippen LogP contribution in [0.25, 0.3) is 0 Å². The van der Waals surface area contributed by atoms with Gasteiger partial charge in [-0.1, -0.05) is 13.8 Å². The van der Waals surface area contributed by atoms with E-state index < -0.39 is 16.8 Å². The standard InChI is InChI=1S/C14H22O4S/c1-13(2)10-4-6-14(13,11(15)8-10)9-19(17)7-5-12(16)18-3/h5,7,10-11,15H,4,6,8-9H2,1-3H3/b7-5+/t10-,11-,14-,19?/m1/s1. The molecular weight excluding hydrogens is 264 g/mol. The Hall–Kier alpha value is -0.680. The van der Waals surface area contributed by atoms with Crippen LogP contribution < -0.4 is 0 Å². The van der Waals surface area contributed by atoms with E-state index in [9.17, 15) is 14.1 Å². The lowest BCUT2D eigenvalue weighted by Gasteiger charge is -2.39. The maximum atomic E-state index is 12.1. The molecule has 2 aliphatic rings. The largest absolute Gasteiger partial charge is 0.466 e. The van der Waals surface area contributed by atoms with Crippen LogP contribution in [0.1, 0.15) is 33.1 Å². The van der Waals surface area contributed by atoms with Crippen LogP contribution in [0.3, 0.4) is 0 Å². The molecule has 1 unspecified atom stereocenters. The van der Waals surface area contributed by atoms with Gasteiger partial charge < -0.3 is 9.84 Å². The molecule has 5 heteroatoms. The minimum absolute atomic E-state index is 0.0151. The fraction of sp³-hybridized carbons (Fsp3) is 0.786. The molecule has 2 fully saturated rings. The van der Waals surface area contributed by atoms with Crippen molar-refractivity contribution in [1.82, 2.24) is 0 Å². The molecule has 0 amide bonds. The molecule has 2 saturated carbocycles. The van der Waals surface area contributed by atoms with Crippen LogP contribution in [0.5, 0.6) is 0 Å². The molecule has 108 valence electrons. The third-order valence-electron chi connectivity index (χ3n) is 5.35. The van der Waals surface area contributed by atoms with Crippen LogP contribution in [0.15, 0.2) is 11.5 Å². The predicted molar refractivity (Wildman–Crippen MR) is 73.7 cm³/mol. The Kier molecular flexibility index (Phi) is 3.89. The molecule has 2 rings (SSSR count). The molecule has 0 saturated heterocycles. The van der Waals surface area contributed by atoms with Crippen LogP contribution in [0.2, 0.25) is 0 Å². The van der Waals surface area contributed by atoms with Crippen molar-refractivity contribution in [3.8, 4) is 0 Å². The quantitative estimate of drug-likeness (QED) is 0.630. The molecule has 4 atom stereocenters. The number of aliphatic hydroxyl groups excluding tert-OH is 1. The third kappa shape index (κ3) is 2.27. The number of fused-ring (bicyclic) bond motifs is 2. The topological polar surface area (TPSA) is 63.6 Å². The summed E-state index contributed by atoms with van der Waals surface area (Å²) >= 11 is 0. The average Bonchev–Trinajstić information content (AvgIpc) is 2.70. The van der Waals surface area contributed by atoms with E-state index in [-0.39, 0.29) is 16.9 Å². The molecule has 0 spiro atoms. The van der Waals surface area contributed by atoms with E-state index in [0.29, 0.717) is 11.7 Å². The molecule has 0 aromatic rings. The number of carbonyl (C=O) groups excluding carboxylic acids is 1. The molecule has 1 N–H and O–H groups in total. The van der Waals surface area contributed by atoms with Crippen molar-refractivity contribution < 1.29 is 18.8 Å². The van der Waals surface area contributed by atoms with Crippen LogP contribution >= 0.6 is 0 Å². The fourth-order valence-electron chi connectivity index (χ4n) is 3.88. The molecule has 0 heterocycles. The number of esters is 1. The van der Waals surface area contributed by atoms with E-state index in [0.717, 1.165) is 19.3 Å². The Bertz CT molecular complexity index is 429. The zero-order valence-electron chi connectivity index (χ0n) is 11.7. The minimum atomic E-state index is -1.25. The molecule has 0 aromatic carbocycles. The highest BCUT2D eigenvalue weighted by Crippen LogP contribution is 2.65. The third-order valence-corrected chi connectivity index (χ3v) is 6.58. The van der Waals surface area contributed by atoms with E-state index in [4.69, 9.17) is 0 Å². The van der Waals surface area contributed by atoms with Crippen molar-refractivity contribution in [1.29, 1.82) is 0 Å². The van der Waals surface area contributed by atoms with Gasteiger partial charge in [-0.25, -0.2) is 4.79 Å². The van der Waals surface area contributed by atoms with Crippen molar-refractivity contribution in [2.24, 2.45) is 16.7 Å². The number of hydrogen-bond acceptors (Lipinski definition) is 4. The highest BCUT2D eigenvalue weighted by atomic mass is 32.2. The first-order valence-corrected chi connectivity index (χ1v) is 8.03. The Morgan fingerprint density at radius 3 is 2.68 bits per heavy atom. The Morgan fingerprint density at radius 1 is 1.53 bits per heavy atom. The van der Waals surface area contributed by atoms with E-state index in [2.05, 4.69) is 18.6 Å². The number of rotatable bonds is 4. The first kappa shape index (κ1) is 14.7. The number of ether oxygens (including phenoxy) is 1. The average molecular weight is 286 g/mol. The van der Waals surface area contributed by atoms with E-state index in [1.165, 1.54) is 18.6 Å². The maximum Gasteiger partial charge on any atom is 0.331 e. The highest BCUT2D eigenvalue weighted by molar-refractivity contribution is 7.88. The summed E-state index contributed by atoms with van der Waals surface area (Å²) < 4.78 is 16.6. The van der Waals surface area contributed by atoms with Gasteiger partial charge in [-0.15, -0.1) is 0 Å². The molecule has 4 nitrogen and oxygen atoms in total. The number of methoxy groups -OCH3 is 1. The highest BCUT2D eigenvalue weighted by Gasteiger charge is 2.63. The summed E-state index contributed by atoms with van der Waals surface area (Å²) in [6, 6.07) is 0. The van der Waals surface area contributed by atoms with Crippen LogP contribution in [-0.2, 0) is 20.3 Å². The summed E-state index contributed by atoms with van der Waals surface area (Å²) in [7, 11) is 0.0381. The summed E-state index contributed by atoms with van der Waals surface area (Å²) in [6.45, 7) is 4.34. The Balaban J connectivity index is 2.11. The molecule has 19 heavy (non-hydrogen) atoms. The van der Waals surface area contributed by atoms with Gasteiger partial charge in [0.25, 0.3) is 0 Å². The normalized spacial score (nSPS) is 37.7. The fourth-order valence-corrected chi connectivity index (χ4v) is 5.46. The Morgan fingerprint density at radius 2 is 2.21 bits per heavy atom. The summed E-state index contributed by atoms with van der Waals surface area (Å²) in [5.74, 6) is 0.441. The van der Waals surface area contributed by atoms with Crippen molar-refractivity contribution in [2.75, 3.05) is 12.9 Å². The van der Waals surface area contributed by atoms with Gasteiger partial charge in [0.2, 0.25) is 0 Å². The van der Waals surface area contributed by atoms with Crippen molar-refractivity contribution in [3.63, 3.8) is 0 Å². The van der Waals surface area contributed by atoms with Crippen molar-refractivity contribution in [3.05, 3.63) is 11.5 Å². The summed E-state index contributed by atoms with van der Waals surface area (Å²) in [5.41, 5.74) is -0.260. The zero-order chi connectivity index (χ0) is 14.3. The van der Waals surface area contributed by atoms with Crippen LogP contribution in [0.4, 0.5) is 0 Å². The van der Waals surface area contributed by atoms with Gasteiger partial charge in [0.05, 0.1) is 13.2 Å². The molecule has 0 aromatic heterocycles. The van der Waals surface area contributed by atoms with Gasteiger partial charge >= 0.3 is 5.97 Å². The lowest BCUT2D eigenvalue weighted by Crippen LogP contribution is -2.43. The summed E-state index contributed by atoms with van der Waals surface area (Å²) in [5, 5.41) is 11.7. The van der Waals surface area contributed by atoms with Gasteiger partial charge in [0.15, 0.2) is 0 Å². The number of carbonyl (C=O) groups is 1. The van der Waals surface area contributed by atoms with Gasteiger partial charge in [-0.2, -0.15) is 0 Å². The molecule has 0 aliphatic heterocycles. The second-order valence-electron chi connectivity index (χ2n) is 6.22. The predicted octanol–water partition coefficient (Wildman–Crippen LogP) is 1.61. The Labute approximate surface area is 116 Å². The molecule has 0 radical (unpaired) electrons. The van der Waals surface area contributed by atoms with Crippen LogP contribution in [-0.4, -0.2) is 34.3 Å². The van der Waals surface area contributed by atoms with Crippen LogP contribution in [0, 0.1) is 16.7 Å². The first-order chi connectivity index (χ1) is 8.83. The van der Waals surface area contributed by atoms with Gasteiger partial charge in [0.1, 0.15) is 0 Å². The molecule has 2 aliphatic carbocycles. The SMILES string of the molecule is COC(=O)/C=C/S(=O)C[C@]12CC[C@H](C[C@H]1O)C2(C)C. The summed E-state index contributed by atoms with van der Waals surface area (Å²) in [4.78, 5) is 11.0. The van der Waals surface area contributed by atoms with E-state index >= 15 is 0 Å². The summed E-state index contributed by atoms with van der Waals surface area (Å²) in [6.07, 6.45) is 3.65. The van der Waals surface area contributed by atoms with E-state index in [1.54, 1.807) is 0 Å². The molecular formula is C14H22O4S.